The lowest BCUT2D eigenvalue weighted by Crippen LogP contribution is -2.38. The van der Waals surface area contributed by atoms with Crippen LogP contribution in [0.25, 0.3) is 0 Å². The minimum atomic E-state index is -4.84. The van der Waals surface area contributed by atoms with Crippen molar-refractivity contribution < 1.29 is 35.9 Å². The quantitative estimate of drug-likeness (QED) is 0.512. The zero-order chi connectivity index (χ0) is 21.9. The summed E-state index contributed by atoms with van der Waals surface area (Å²) in [6.07, 6.45) is -0.196. The molecule has 1 aliphatic carbocycles. The van der Waals surface area contributed by atoms with Crippen molar-refractivity contribution in [1.82, 2.24) is 9.62 Å². The number of nitrogens with one attached hydrogen (secondary N) is 1. The van der Waals surface area contributed by atoms with Gasteiger partial charge < -0.3 is 14.8 Å². The number of sulfonamides is 1. The number of ether oxygens (including phenoxy) is 2. The summed E-state index contributed by atoms with van der Waals surface area (Å²) in [5, 5.41) is 2.85. The molecule has 2 aliphatic rings. The van der Waals surface area contributed by atoms with Gasteiger partial charge in [-0.15, -0.1) is 13.2 Å². The highest BCUT2D eigenvalue weighted by molar-refractivity contribution is 7.89. The Morgan fingerprint density at radius 1 is 1.13 bits per heavy atom. The van der Waals surface area contributed by atoms with Gasteiger partial charge in [-0.1, -0.05) is 0 Å². The molecule has 30 heavy (non-hydrogen) atoms. The van der Waals surface area contributed by atoms with Crippen molar-refractivity contribution in [1.29, 1.82) is 0 Å². The summed E-state index contributed by atoms with van der Waals surface area (Å²) in [6, 6.07) is 4.33. The van der Waals surface area contributed by atoms with Gasteiger partial charge in [-0.05, 0) is 61.9 Å². The first kappa shape index (κ1) is 22.4. The van der Waals surface area contributed by atoms with Gasteiger partial charge >= 0.3 is 6.36 Å². The van der Waals surface area contributed by atoms with Gasteiger partial charge in [0.1, 0.15) is 5.75 Å². The Morgan fingerprint density at radius 3 is 2.23 bits per heavy atom. The van der Waals surface area contributed by atoms with Crippen molar-refractivity contribution in [3.05, 3.63) is 36.1 Å². The van der Waals surface area contributed by atoms with Crippen LogP contribution in [0.5, 0.6) is 5.75 Å². The molecule has 1 aliphatic heterocycles. The van der Waals surface area contributed by atoms with Gasteiger partial charge in [-0.2, -0.15) is 4.31 Å². The minimum Gasteiger partial charge on any atom is -0.491 e. The Kier molecular flexibility index (Phi) is 6.61. The summed E-state index contributed by atoms with van der Waals surface area (Å²) in [5.41, 5.74) is 0. The number of carbonyl (C=O) groups is 1. The first-order valence-electron chi connectivity index (χ1n) is 9.51. The molecular formula is C19H23F3N2O5S. The second-order valence-corrected chi connectivity index (χ2v) is 9.18. The summed E-state index contributed by atoms with van der Waals surface area (Å²) in [6.45, 7) is 0.455. The van der Waals surface area contributed by atoms with Crippen molar-refractivity contribution in [3.8, 4) is 5.75 Å². The Balaban J connectivity index is 1.60. The topological polar surface area (TPSA) is 84.9 Å². The fourth-order valence-electron chi connectivity index (χ4n) is 3.18. The lowest BCUT2D eigenvalue weighted by atomic mass is 9.97. The normalized spacial score (nSPS) is 19.4. The van der Waals surface area contributed by atoms with E-state index in [0.29, 0.717) is 12.8 Å². The molecule has 1 saturated heterocycles. The monoisotopic (exact) mass is 448 g/mol. The molecule has 1 N–H and O–H groups in total. The lowest BCUT2D eigenvalue weighted by molar-refractivity contribution is -0.274. The SMILES string of the molecule is CO/C(=C/C1CCN(S(=O)(=O)c2ccc(OC(F)(F)F)cc2)CC1)C(=O)NC1CC1. The molecular weight excluding hydrogens is 425 g/mol. The largest absolute Gasteiger partial charge is 0.573 e. The van der Waals surface area contributed by atoms with Gasteiger partial charge in [-0.3, -0.25) is 4.79 Å². The molecule has 0 bridgehead atoms. The summed E-state index contributed by atoms with van der Waals surface area (Å²) in [7, 11) is -2.42. The van der Waals surface area contributed by atoms with E-state index in [4.69, 9.17) is 4.74 Å². The predicted molar refractivity (Wildman–Crippen MR) is 101 cm³/mol. The van der Waals surface area contributed by atoms with Crippen LogP contribution in [0.3, 0.4) is 0 Å². The smallest absolute Gasteiger partial charge is 0.491 e. The van der Waals surface area contributed by atoms with Crippen molar-refractivity contribution >= 4 is 15.9 Å². The summed E-state index contributed by atoms with van der Waals surface area (Å²) in [5.74, 6) is -0.541. The maximum atomic E-state index is 12.8. The fourth-order valence-corrected chi connectivity index (χ4v) is 4.65. The Morgan fingerprint density at radius 2 is 1.73 bits per heavy atom. The molecule has 1 heterocycles. The van der Waals surface area contributed by atoms with E-state index in [9.17, 15) is 26.4 Å². The fraction of sp³-hybridized carbons (Fsp3) is 0.526. The lowest BCUT2D eigenvalue weighted by Gasteiger charge is -2.30. The molecule has 1 aromatic rings. The van der Waals surface area contributed by atoms with Crippen LogP contribution >= 0.6 is 0 Å². The summed E-state index contributed by atoms with van der Waals surface area (Å²) in [4.78, 5) is 12.0. The first-order valence-corrected chi connectivity index (χ1v) is 10.9. The van der Waals surface area contributed by atoms with E-state index in [1.165, 1.54) is 11.4 Å². The second-order valence-electron chi connectivity index (χ2n) is 7.24. The van der Waals surface area contributed by atoms with Crippen LogP contribution in [0.15, 0.2) is 41.0 Å². The van der Waals surface area contributed by atoms with E-state index in [2.05, 4.69) is 10.1 Å². The summed E-state index contributed by atoms with van der Waals surface area (Å²) >= 11 is 0. The van der Waals surface area contributed by atoms with Crippen molar-refractivity contribution in [2.24, 2.45) is 5.92 Å². The zero-order valence-corrected chi connectivity index (χ0v) is 17.1. The molecule has 166 valence electrons. The van der Waals surface area contributed by atoms with E-state index in [0.717, 1.165) is 37.1 Å². The molecule has 0 radical (unpaired) electrons. The molecule has 0 aromatic heterocycles. The minimum absolute atomic E-state index is 0.0149. The van der Waals surface area contributed by atoms with Crippen LogP contribution < -0.4 is 10.1 Å². The molecule has 11 heteroatoms. The zero-order valence-electron chi connectivity index (χ0n) is 16.3. The van der Waals surface area contributed by atoms with Crippen molar-refractivity contribution in [3.63, 3.8) is 0 Å². The molecule has 1 amide bonds. The highest BCUT2D eigenvalue weighted by Gasteiger charge is 2.32. The molecule has 7 nitrogen and oxygen atoms in total. The third kappa shape index (κ3) is 5.88. The molecule has 1 saturated carbocycles. The Labute approximate surface area is 172 Å². The number of amides is 1. The van der Waals surface area contributed by atoms with Crippen LogP contribution in [0.1, 0.15) is 25.7 Å². The van der Waals surface area contributed by atoms with Crippen LogP contribution in [0, 0.1) is 5.92 Å². The maximum absolute atomic E-state index is 12.8. The van der Waals surface area contributed by atoms with Crippen molar-refractivity contribution in [2.45, 2.75) is 43.0 Å². The van der Waals surface area contributed by atoms with Crippen molar-refractivity contribution in [2.75, 3.05) is 20.2 Å². The number of piperidine rings is 1. The van der Waals surface area contributed by atoms with Gasteiger partial charge in [0, 0.05) is 19.1 Å². The number of hydrogen-bond acceptors (Lipinski definition) is 5. The summed E-state index contributed by atoms with van der Waals surface area (Å²) < 4.78 is 72.5. The first-order chi connectivity index (χ1) is 14.1. The third-order valence-electron chi connectivity index (χ3n) is 4.94. The number of benzene rings is 1. The number of allylic oxidation sites excluding steroid dienone is 1. The molecule has 0 atom stereocenters. The number of methoxy groups -OCH3 is 1. The number of nitrogens with zero attached hydrogens (tertiary/aromatic N) is 1. The number of carbonyl (C=O) groups excluding carboxylic acids is 1. The van der Waals surface area contributed by atoms with Gasteiger partial charge in [0.15, 0.2) is 5.76 Å². The molecule has 2 fully saturated rings. The third-order valence-corrected chi connectivity index (χ3v) is 6.85. The van der Waals surface area contributed by atoms with Crippen LogP contribution in [-0.4, -0.2) is 51.2 Å². The Hall–Kier alpha value is -2.27. The van der Waals surface area contributed by atoms with Gasteiger partial charge in [0.05, 0.1) is 12.0 Å². The highest BCUT2D eigenvalue weighted by Crippen LogP contribution is 2.28. The molecule has 1 aromatic carbocycles. The van der Waals surface area contributed by atoms with E-state index in [1.807, 2.05) is 0 Å². The molecule has 0 unspecified atom stereocenters. The van der Waals surface area contributed by atoms with Gasteiger partial charge in [0.25, 0.3) is 5.91 Å². The standard InChI is InChI=1S/C19H23F3N2O5S/c1-28-17(18(25)23-14-2-3-14)12-13-8-10-24(11-9-13)30(26,27)16-6-4-15(5-7-16)29-19(20,21)22/h4-7,12-14H,2-3,8-11H2,1H3,(H,23,25)/b17-12+. The number of hydrogen-bond donors (Lipinski definition) is 1. The van der Waals surface area contributed by atoms with Crippen LogP contribution in [-0.2, 0) is 19.6 Å². The van der Waals surface area contributed by atoms with E-state index < -0.39 is 22.1 Å². The van der Waals surface area contributed by atoms with E-state index >= 15 is 0 Å². The van der Waals surface area contributed by atoms with Crippen LogP contribution in [0.4, 0.5) is 13.2 Å². The number of alkyl halides is 3. The second kappa shape index (κ2) is 8.84. The molecule has 0 spiro atoms. The Bertz CT molecular complexity index is 888. The van der Waals surface area contributed by atoms with E-state index in [1.54, 1.807) is 6.08 Å². The van der Waals surface area contributed by atoms with Gasteiger partial charge in [-0.25, -0.2) is 8.42 Å². The highest BCUT2D eigenvalue weighted by atomic mass is 32.2. The average molecular weight is 448 g/mol. The number of rotatable bonds is 7. The maximum Gasteiger partial charge on any atom is 0.573 e. The number of halogens is 3. The van der Waals surface area contributed by atoms with Crippen LogP contribution in [0.2, 0.25) is 0 Å². The van der Waals surface area contributed by atoms with Gasteiger partial charge in [0.2, 0.25) is 10.0 Å². The van der Waals surface area contributed by atoms with E-state index in [-0.39, 0.29) is 41.6 Å². The average Bonchev–Trinajstić information content (AvgIpc) is 3.49. The molecule has 3 rings (SSSR count). The predicted octanol–water partition coefficient (Wildman–Crippen LogP) is 2.79.